The van der Waals surface area contributed by atoms with Crippen molar-refractivity contribution >= 4 is 55.1 Å². The number of hydrogen-bond acceptors (Lipinski definition) is 5. The van der Waals surface area contributed by atoms with Crippen LogP contribution < -0.4 is 14.4 Å². The molecule has 0 saturated heterocycles. The van der Waals surface area contributed by atoms with Gasteiger partial charge in [-0.2, -0.15) is 0 Å². The first kappa shape index (κ1) is 34.4. The highest BCUT2D eigenvalue weighted by Crippen LogP contribution is 2.30. The van der Waals surface area contributed by atoms with Crippen molar-refractivity contribution in [1.82, 2.24) is 10.2 Å². The largest absolute Gasteiger partial charge is 0.495 e. The summed E-state index contributed by atoms with van der Waals surface area (Å²) in [6, 6.07) is 21.1. The summed E-state index contributed by atoms with van der Waals surface area (Å²) >= 11 is 9.77. The highest BCUT2D eigenvalue weighted by molar-refractivity contribution is 9.10. The molecular formula is C32H39BrClN3O5S. The van der Waals surface area contributed by atoms with Crippen molar-refractivity contribution in [3.63, 3.8) is 0 Å². The number of sulfonamides is 1. The highest BCUT2D eigenvalue weighted by Gasteiger charge is 2.31. The summed E-state index contributed by atoms with van der Waals surface area (Å²) in [7, 11) is -2.19. The van der Waals surface area contributed by atoms with E-state index < -0.39 is 16.1 Å². The maximum atomic E-state index is 14.0. The minimum atomic E-state index is -3.67. The number of hydrogen-bond donors (Lipinski definition) is 1. The zero-order valence-electron chi connectivity index (χ0n) is 24.9. The van der Waals surface area contributed by atoms with Crippen molar-refractivity contribution < 1.29 is 22.7 Å². The average molecular weight is 693 g/mol. The van der Waals surface area contributed by atoms with Crippen LogP contribution in [0.4, 0.5) is 5.69 Å². The van der Waals surface area contributed by atoms with E-state index in [4.69, 9.17) is 16.3 Å². The molecule has 0 heterocycles. The van der Waals surface area contributed by atoms with Gasteiger partial charge in [0.2, 0.25) is 21.8 Å². The van der Waals surface area contributed by atoms with E-state index in [9.17, 15) is 18.0 Å². The molecule has 0 radical (unpaired) electrons. The van der Waals surface area contributed by atoms with E-state index in [1.165, 1.54) is 17.5 Å². The Bertz CT molecular complexity index is 1490. The first-order chi connectivity index (χ1) is 20.4. The first-order valence-electron chi connectivity index (χ1n) is 14.1. The molecular weight excluding hydrogens is 654 g/mol. The smallest absolute Gasteiger partial charge is 0.243 e. The van der Waals surface area contributed by atoms with Crippen LogP contribution in [0.15, 0.2) is 77.3 Å². The molecule has 1 N–H and O–H groups in total. The molecule has 43 heavy (non-hydrogen) atoms. The number of ether oxygens (including phenoxy) is 1. The van der Waals surface area contributed by atoms with Crippen LogP contribution in [0, 0.1) is 0 Å². The van der Waals surface area contributed by atoms with Crippen molar-refractivity contribution in [1.29, 1.82) is 0 Å². The van der Waals surface area contributed by atoms with Crippen LogP contribution in [-0.4, -0.2) is 57.1 Å². The number of methoxy groups -OCH3 is 1. The second kappa shape index (κ2) is 16.1. The van der Waals surface area contributed by atoms with Gasteiger partial charge in [0.25, 0.3) is 0 Å². The SMILES string of the molecule is CC[C@@H](C)NC(=O)[C@H](Cc1ccccc1)N(Cc1cccc(Br)c1)C(=O)CCCN(c1ccc(OC)c(Cl)c1)S(C)(=O)=O. The number of carbonyl (C=O) groups is 2. The number of nitrogens with zero attached hydrogens (tertiary/aromatic N) is 2. The van der Waals surface area contributed by atoms with Crippen LogP contribution >= 0.6 is 27.5 Å². The number of anilines is 1. The third-order valence-corrected chi connectivity index (χ3v) is 9.07. The average Bonchev–Trinajstić information content (AvgIpc) is 2.96. The van der Waals surface area contributed by atoms with Crippen LogP contribution in [0.5, 0.6) is 5.75 Å². The molecule has 0 aliphatic rings. The van der Waals surface area contributed by atoms with E-state index in [0.29, 0.717) is 17.9 Å². The lowest BCUT2D eigenvalue weighted by atomic mass is 10.0. The molecule has 0 fully saturated rings. The van der Waals surface area contributed by atoms with E-state index in [0.717, 1.165) is 28.3 Å². The highest BCUT2D eigenvalue weighted by atomic mass is 79.9. The van der Waals surface area contributed by atoms with Crippen molar-refractivity contribution in [2.45, 2.75) is 58.2 Å². The predicted octanol–water partition coefficient (Wildman–Crippen LogP) is 6.21. The Morgan fingerprint density at radius 3 is 2.33 bits per heavy atom. The minimum absolute atomic E-state index is 0.0335. The Morgan fingerprint density at radius 1 is 1.02 bits per heavy atom. The predicted molar refractivity (Wildman–Crippen MR) is 176 cm³/mol. The Morgan fingerprint density at radius 2 is 1.72 bits per heavy atom. The molecule has 0 spiro atoms. The van der Waals surface area contributed by atoms with Gasteiger partial charge in [0, 0.05) is 36.4 Å². The molecule has 3 aromatic rings. The molecule has 2 amide bonds. The Hall–Kier alpha value is -3.08. The monoisotopic (exact) mass is 691 g/mol. The molecule has 3 rings (SSSR count). The summed E-state index contributed by atoms with van der Waals surface area (Å²) in [5, 5.41) is 3.34. The van der Waals surface area contributed by atoms with Crippen LogP contribution in [0.3, 0.4) is 0 Å². The van der Waals surface area contributed by atoms with Crippen LogP contribution in [-0.2, 0) is 32.6 Å². The van der Waals surface area contributed by atoms with E-state index in [2.05, 4.69) is 21.2 Å². The van der Waals surface area contributed by atoms with Crippen LogP contribution in [0.2, 0.25) is 5.02 Å². The number of rotatable bonds is 15. The van der Waals surface area contributed by atoms with Gasteiger partial charge in [0.05, 0.1) is 24.1 Å². The zero-order chi connectivity index (χ0) is 31.6. The normalized spacial score (nSPS) is 12.7. The first-order valence-corrected chi connectivity index (χ1v) is 17.1. The van der Waals surface area contributed by atoms with E-state index in [1.807, 2.05) is 68.4 Å². The van der Waals surface area contributed by atoms with Gasteiger partial charge < -0.3 is 15.0 Å². The standard InChI is InChI=1S/C32H39BrClN3O5S/c1-5-23(2)35-32(39)29(20-24-11-7-6-8-12-24)36(22-25-13-9-14-26(33)19-25)31(38)15-10-18-37(43(4,40)41)27-16-17-30(42-3)28(34)21-27/h6-9,11-14,16-17,19,21,23,29H,5,10,15,18,20,22H2,1-4H3,(H,35,39)/t23-,29+/m1/s1. The molecule has 0 aliphatic carbocycles. The summed E-state index contributed by atoms with van der Waals surface area (Å²) in [4.78, 5) is 29.2. The molecule has 0 unspecified atom stereocenters. The van der Waals surface area contributed by atoms with Gasteiger partial charge >= 0.3 is 0 Å². The molecule has 0 saturated carbocycles. The summed E-state index contributed by atoms with van der Waals surface area (Å²) in [6.07, 6.45) is 2.46. The molecule has 8 nitrogen and oxygen atoms in total. The molecule has 0 bridgehead atoms. The Balaban J connectivity index is 1.90. The molecule has 3 aromatic carbocycles. The molecule has 11 heteroatoms. The topological polar surface area (TPSA) is 96.0 Å². The van der Waals surface area contributed by atoms with Gasteiger partial charge in [-0.3, -0.25) is 13.9 Å². The fraction of sp³-hybridized carbons (Fsp3) is 0.375. The minimum Gasteiger partial charge on any atom is -0.495 e. The molecule has 0 aromatic heterocycles. The number of nitrogens with one attached hydrogen (secondary N) is 1. The number of halogens is 2. The lowest BCUT2D eigenvalue weighted by Crippen LogP contribution is -2.52. The Kier molecular flexibility index (Phi) is 12.9. The maximum Gasteiger partial charge on any atom is 0.243 e. The van der Waals surface area contributed by atoms with Crippen molar-refractivity contribution in [3.05, 3.63) is 93.4 Å². The Labute approximate surface area is 268 Å². The number of benzene rings is 3. The number of carbonyl (C=O) groups excluding carboxylic acids is 2. The van der Waals surface area contributed by atoms with Gasteiger partial charge in [0.15, 0.2) is 0 Å². The van der Waals surface area contributed by atoms with E-state index >= 15 is 0 Å². The third kappa shape index (κ3) is 10.3. The van der Waals surface area contributed by atoms with Crippen LogP contribution in [0.25, 0.3) is 0 Å². The van der Waals surface area contributed by atoms with Gasteiger partial charge in [-0.05, 0) is 61.2 Å². The summed E-state index contributed by atoms with van der Waals surface area (Å²) in [5.41, 5.74) is 2.17. The summed E-state index contributed by atoms with van der Waals surface area (Å²) in [5.74, 6) is -0.0500. The summed E-state index contributed by atoms with van der Waals surface area (Å²) < 4.78 is 32.7. The number of amides is 2. The lowest BCUT2D eigenvalue weighted by Gasteiger charge is -2.33. The molecule has 232 valence electrons. The van der Waals surface area contributed by atoms with E-state index in [1.54, 1.807) is 17.0 Å². The summed E-state index contributed by atoms with van der Waals surface area (Å²) in [6.45, 7) is 4.20. The van der Waals surface area contributed by atoms with Crippen molar-refractivity contribution in [2.75, 3.05) is 24.2 Å². The molecule has 2 atom stereocenters. The second-order valence-corrected chi connectivity index (χ2v) is 13.7. The quantitative estimate of drug-likeness (QED) is 0.204. The fourth-order valence-corrected chi connectivity index (χ4v) is 6.30. The van der Waals surface area contributed by atoms with Gasteiger partial charge in [-0.15, -0.1) is 0 Å². The van der Waals surface area contributed by atoms with Crippen LogP contribution in [0.1, 0.15) is 44.2 Å². The van der Waals surface area contributed by atoms with Gasteiger partial charge in [-0.25, -0.2) is 8.42 Å². The van der Waals surface area contributed by atoms with Crippen molar-refractivity contribution in [3.8, 4) is 5.75 Å². The zero-order valence-corrected chi connectivity index (χ0v) is 28.1. The molecule has 0 aliphatic heterocycles. The second-order valence-electron chi connectivity index (χ2n) is 10.4. The maximum absolute atomic E-state index is 14.0. The lowest BCUT2D eigenvalue weighted by molar-refractivity contribution is -0.141. The third-order valence-electron chi connectivity index (χ3n) is 7.09. The van der Waals surface area contributed by atoms with Gasteiger partial charge in [-0.1, -0.05) is 76.9 Å². The van der Waals surface area contributed by atoms with Crippen molar-refractivity contribution in [2.24, 2.45) is 0 Å². The fourth-order valence-electron chi connectivity index (χ4n) is 4.64. The van der Waals surface area contributed by atoms with E-state index in [-0.39, 0.29) is 48.8 Å². The van der Waals surface area contributed by atoms with Gasteiger partial charge in [0.1, 0.15) is 11.8 Å².